The summed E-state index contributed by atoms with van der Waals surface area (Å²) in [5, 5.41) is 7.93. The zero-order valence-corrected chi connectivity index (χ0v) is 31.2. The molecule has 1 unspecified atom stereocenters. The highest BCUT2D eigenvalue weighted by atomic mass is 16.5. The molecule has 0 saturated carbocycles. The Morgan fingerprint density at radius 3 is 2.61 bits per heavy atom. The predicted molar refractivity (Wildman–Crippen MR) is 207 cm³/mol. The number of imide groups is 1. The number of imidazole rings is 1. The number of carbonyl (C=O) groups is 4. The van der Waals surface area contributed by atoms with Crippen LogP contribution in [0.25, 0.3) is 33.3 Å². The molecular formula is C43H40N8O5. The van der Waals surface area contributed by atoms with Crippen LogP contribution < -0.4 is 10.6 Å². The number of hydrogen-bond acceptors (Lipinski definition) is 9. The van der Waals surface area contributed by atoms with Crippen molar-refractivity contribution in [2.45, 2.75) is 64.3 Å². The highest BCUT2D eigenvalue weighted by Crippen LogP contribution is 2.35. The number of ether oxygens (including phenoxy) is 1. The van der Waals surface area contributed by atoms with Gasteiger partial charge in [0.25, 0.3) is 5.91 Å². The van der Waals surface area contributed by atoms with Crippen LogP contribution in [-0.2, 0) is 50.7 Å². The monoisotopic (exact) mass is 748 g/mol. The Morgan fingerprint density at radius 1 is 1.02 bits per heavy atom. The van der Waals surface area contributed by atoms with E-state index in [2.05, 4.69) is 52.2 Å². The van der Waals surface area contributed by atoms with Crippen LogP contribution in [0, 0.1) is 11.8 Å². The van der Waals surface area contributed by atoms with Gasteiger partial charge in [-0.25, -0.2) is 4.98 Å². The maximum absolute atomic E-state index is 13.2. The highest BCUT2D eigenvalue weighted by Gasteiger charge is 2.42. The minimum atomic E-state index is -0.674. The van der Waals surface area contributed by atoms with Crippen molar-refractivity contribution in [3.8, 4) is 34.4 Å². The second kappa shape index (κ2) is 14.1. The first-order valence-corrected chi connectivity index (χ1v) is 19.0. The summed E-state index contributed by atoms with van der Waals surface area (Å²) in [4.78, 5) is 67.9. The van der Waals surface area contributed by atoms with E-state index in [9.17, 15) is 19.2 Å². The van der Waals surface area contributed by atoms with Gasteiger partial charge in [0.2, 0.25) is 17.7 Å². The second-order valence-electron chi connectivity index (χ2n) is 14.8. The number of aromatic nitrogens is 4. The van der Waals surface area contributed by atoms with Crippen LogP contribution in [0.3, 0.4) is 0 Å². The number of fused-ring (bicyclic) bond motifs is 3. The van der Waals surface area contributed by atoms with Gasteiger partial charge in [-0.15, -0.1) is 0 Å². The van der Waals surface area contributed by atoms with Gasteiger partial charge in [-0.1, -0.05) is 43.0 Å². The number of rotatable bonds is 7. The third-order valence-electron chi connectivity index (χ3n) is 11.4. The maximum Gasteiger partial charge on any atom is 0.255 e. The zero-order valence-electron chi connectivity index (χ0n) is 31.2. The lowest BCUT2D eigenvalue weighted by molar-refractivity contribution is -0.137. The molecule has 2 fully saturated rings. The van der Waals surface area contributed by atoms with Gasteiger partial charge in [0.05, 0.1) is 49.1 Å². The predicted octanol–water partition coefficient (Wildman–Crippen LogP) is 3.71. The van der Waals surface area contributed by atoms with Gasteiger partial charge in [0.1, 0.15) is 17.4 Å². The van der Waals surface area contributed by atoms with Crippen molar-refractivity contribution in [2.24, 2.45) is 0 Å². The van der Waals surface area contributed by atoms with Crippen molar-refractivity contribution in [1.82, 2.24) is 40.0 Å². The van der Waals surface area contributed by atoms with Crippen LogP contribution >= 0.6 is 0 Å². The summed E-state index contributed by atoms with van der Waals surface area (Å²) in [7, 11) is 0. The van der Waals surface area contributed by atoms with Gasteiger partial charge >= 0.3 is 0 Å². The van der Waals surface area contributed by atoms with Crippen molar-refractivity contribution in [2.75, 3.05) is 26.3 Å². The molecule has 13 nitrogen and oxygen atoms in total. The van der Waals surface area contributed by atoms with E-state index in [-0.39, 0.29) is 30.7 Å². The molecule has 0 radical (unpaired) electrons. The lowest BCUT2D eigenvalue weighted by atomic mass is 9.91. The Kier molecular flexibility index (Phi) is 8.95. The van der Waals surface area contributed by atoms with Crippen molar-refractivity contribution in [3.63, 3.8) is 0 Å². The van der Waals surface area contributed by atoms with Crippen LogP contribution in [0.15, 0.2) is 67.0 Å². The summed E-state index contributed by atoms with van der Waals surface area (Å²) < 4.78 is 7.92. The SMILES string of the molecule is CCc1nc(-c2cccc3cc(-c4ccc(C5(NCC#Cc6cccc7c6CN(C6CCC(=O)NC6=O)C7=O)COC5)nc4)ncc23)c2n1CCN(C(C)=O)C2. The average molecular weight is 749 g/mol. The van der Waals surface area contributed by atoms with Gasteiger partial charge in [-0.3, -0.25) is 39.8 Å². The van der Waals surface area contributed by atoms with Crippen LogP contribution in [0.4, 0.5) is 0 Å². The first kappa shape index (κ1) is 35.5. The summed E-state index contributed by atoms with van der Waals surface area (Å²) in [6, 6.07) is 17.1. The third kappa shape index (κ3) is 6.11. The fourth-order valence-corrected chi connectivity index (χ4v) is 8.26. The zero-order chi connectivity index (χ0) is 38.6. The van der Waals surface area contributed by atoms with Crippen LogP contribution in [0.1, 0.15) is 65.4 Å². The van der Waals surface area contributed by atoms with E-state index in [0.29, 0.717) is 44.8 Å². The highest BCUT2D eigenvalue weighted by molar-refractivity contribution is 6.05. The normalized spacial score (nSPS) is 18.5. The summed E-state index contributed by atoms with van der Waals surface area (Å²) in [5.41, 5.74) is 7.08. The number of piperidine rings is 1. The Labute approximate surface area is 323 Å². The second-order valence-corrected chi connectivity index (χ2v) is 14.8. The molecule has 2 N–H and O–H groups in total. The molecule has 0 aliphatic carbocycles. The van der Waals surface area contributed by atoms with Crippen LogP contribution in [0.5, 0.6) is 0 Å². The average Bonchev–Trinajstić information content (AvgIpc) is 3.74. The molecule has 5 aromatic rings. The topological polar surface area (TPSA) is 152 Å². The number of nitrogens with one attached hydrogen (secondary N) is 2. The molecule has 0 spiro atoms. The van der Waals surface area contributed by atoms with E-state index in [1.54, 1.807) is 19.1 Å². The van der Waals surface area contributed by atoms with Crippen molar-refractivity contribution < 1.29 is 23.9 Å². The Morgan fingerprint density at radius 2 is 1.86 bits per heavy atom. The first-order valence-electron chi connectivity index (χ1n) is 19.0. The standard InChI is InChI=1S/C43H40N8O5/c1-3-38-47-40(36-23-49(26(2)52)17-18-50(36)38)30-10-5-8-28-19-34(44-21-32(28)30)29-12-14-37(45-20-29)43(24-56-25-43)46-16-6-9-27-7-4-11-31-33(27)22-51(42(31)55)35-13-15-39(53)48-41(35)54/h4-5,7-8,10-12,14,19-21,35,46H,3,13,15-18,22-25H2,1-2H3,(H,48,53,54). The molecule has 7 heterocycles. The van der Waals surface area contributed by atoms with Gasteiger partial charge in [0.15, 0.2) is 0 Å². The van der Waals surface area contributed by atoms with Crippen LogP contribution in [0.2, 0.25) is 0 Å². The quantitative estimate of drug-likeness (QED) is 0.188. The van der Waals surface area contributed by atoms with E-state index >= 15 is 0 Å². The summed E-state index contributed by atoms with van der Waals surface area (Å²) in [6.07, 6.45) is 5.08. The molecule has 0 bridgehead atoms. The summed E-state index contributed by atoms with van der Waals surface area (Å²) in [6.45, 7) is 7.24. The molecule has 282 valence electrons. The fraction of sp³-hybridized carbons (Fsp3) is 0.326. The lowest BCUT2D eigenvalue weighted by Crippen LogP contribution is -2.58. The molecule has 2 saturated heterocycles. The van der Waals surface area contributed by atoms with E-state index in [1.807, 2.05) is 41.6 Å². The maximum atomic E-state index is 13.2. The molecule has 4 amide bonds. The number of benzene rings is 2. The molecule has 2 aromatic carbocycles. The largest absolute Gasteiger partial charge is 0.377 e. The number of hydrogen-bond donors (Lipinski definition) is 2. The van der Waals surface area contributed by atoms with Crippen LogP contribution in [-0.4, -0.2) is 85.3 Å². The van der Waals surface area contributed by atoms with E-state index in [0.717, 1.165) is 74.6 Å². The van der Waals surface area contributed by atoms with Gasteiger partial charge < -0.3 is 19.1 Å². The van der Waals surface area contributed by atoms with E-state index in [1.165, 1.54) is 4.90 Å². The Hall–Kier alpha value is -6.23. The van der Waals surface area contributed by atoms with Gasteiger partial charge in [-0.05, 0) is 47.7 Å². The summed E-state index contributed by atoms with van der Waals surface area (Å²) >= 11 is 0. The minimum Gasteiger partial charge on any atom is -0.377 e. The van der Waals surface area contributed by atoms with Crippen molar-refractivity contribution >= 4 is 34.4 Å². The number of carbonyl (C=O) groups excluding carboxylic acids is 4. The number of aryl methyl sites for hydroxylation is 1. The number of amides is 4. The molecule has 56 heavy (non-hydrogen) atoms. The first-order chi connectivity index (χ1) is 27.2. The number of pyridine rings is 2. The fourth-order valence-electron chi connectivity index (χ4n) is 8.26. The van der Waals surface area contributed by atoms with Gasteiger partial charge in [0, 0.05) is 79.4 Å². The molecule has 13 heteroatoms. The third-order valence-corrected chi connectivity index (χ3v) is 11.4. The minimum absolute atomic E-state index is 0.0683. The molecule has 1 atom stereocenters. The van der Waals surface area contributed by atoms with E-state index < -0.39 is 17.5 Å². The van der Waals surface area contributed by atoms with Crippen molar-refractivity contribution in [3.05, 3.63) is 101 Å². The lowest BCUT2D eigenvalue weighted by Gasteiger charge is -2.41. The van der Waals surface area contributed by atoms with Crippen molar-refractivity contribution in [1.29, 1.82) is 0 Å². The molecule has 4 aliphatic rings. The number of nitrogens with zero attached hydrogens (tertiary/aromatic N) is 6. The summed E-state index contributed by atoms with van der Waals surface area (Å²) in [5.74, 6) is 6.57. The Bertz CT molecular complexity index is 2510. The van der Waals surface area contributed by atoms with E-state index in [4.69, 9.17) is 19.7 Å². The molecule has 9 rings (SSSR count). The molecule has 4 aliphatic heterocycles. The van der Waals surface area contributed by atoms with Gasteiger partial charge in [-0.2, -0.15) is 0 Å². The smallest absolute Gasteiger partial charge is 0.255 e. The Balaban J connectivity index is 0.906. The molecule has 3 aromatic heterocycles. The molecular weight excluding hydrogens is 709 g/mol.